The van der Waals surface area contributed by atoms with Crippen LogP contribution < -0.4 is 0 Å². The Hall–Kier alpha value is -0.160. The normalized spacial score (nSPS) is 24.0. The fourth-order valence-corrected chi connectivity index (χ4v) is 1.68. The lowest BCUT2D eigenvalue weighted by Gasteiger charge is -2.50. The predicted molar refractivity (Wildman–Crippen MR) is 49.5 cm³/mol. The molecule has 78 valence electrons. The smallest absolute Gasteiger partial charge is 0.193 e. The third kappa shape index (κ3) is 2.02. The van der Waals surface area contributed by atoms with Crippen LogP contribution in [-0.4, -0.2) is 55.8 Å². The number of hydrogen-bond donors (Lipinski definition) is 1. The molecule has 1 saturated heterocycles. The monoisotopic (exact) mass is 189 g/mol. The molecule has 1 heterocycles. The van der Waals surface area contributed by atoms with E-state index >= 15 is 0 Å². The highest BCUT2D eigenvalue weighted by Gasteiger charge is 2.45. The third-order valence-electron chi connectivity index (χ3n) is 2.83. The SMILES string of the molecule is CCC(CO)N1CC(OC)(OC)C1. The van der Waals surface area contributed by atoms with E-state index in [-0.39, 0.29) is 12.6 Å². The molecule has 1 aliphatic rings. The van der Waals surface area contributed by atoms with Gasteiger partial charge in [0.05, 0.1) is 19.7 Å². The summed E-state index contributed by atoms with van der Waals surface area (Å²) >= 11 is 0. The average molecular weight is 189 g/mol. The van der Waals surface area contributed by atoms with Gasteiger partial charge in [-0.05, 0) is 6.42 Å². The Morgan fingerprint density at radius 3 is 2.23 bits per heavy atom. The Kier molecular flexibility index (Phi) is 3.67. The highest BCUT2D eigenvalue weighted by molar-refractivity contribution is 4.92. The minimum Gasteiger partial charge on any atom is -0.395 e. The molecule has 0 aromatic rings. The molecule has 13 heavy (non-hydrogen) atoms. The minimum absolute atomic E-state index is 0.208. The van der Waals surface area contributed by atoms with E-state index in [1.165, 1.54) is 0 Å². The van der Waals surface area contributed by atoms with Gasteiger partial charge in [-0.3, -0.25) is 4.90 Å². The molecular weight excluding hydrogens is 170 g/mol. The van der Waals surface area contributed by atoms with Crippen molar-refractivity contribution in [2.45, 2.75) is 25.2 Å². The van der Waals surface area contributed by atoms with Crippen LogP contribution in [-0.2, 0) is 9.47 Å². The lowest BCUT2D eigenvalue weighted by Crippen LogP contribution is -2.66. The molecule has 0 aromatic carbocycles. The summed E-state index contributed by atoms with van der Waals surface area (Å²) in [6.07, 6.45) is 0.958. The van der Waals surface area contributed by atoms with Gasteiger partial charge in [-0.1, -0.05) is 6.92 Å². The second kappa shape index (κ2) is 4.37. The van der Waals surface area contributed by atoms with Crippen molar-refractivity contribution in [3.8, 4) is 0 Å². The van der Waals surface area contributed by atoms with Crippen LogP contribution >= 0.6 is 0 Å². The van der Waals surface area contributed by atoms with Crippen LogP contribution in [0.5, 0.6) is 0 Å². The lowest BCUT2D eigenvalue weighted by atomic mass is 10.0. The van der Waals surface area contributed by atoms with E-state index in [4.69, 9.17) is 14.6 Å². The average Bonchev–Trinajstić information content (AvgIpc) is 2.11. The van der Waals surface area contributed by atoms with Gasteiger partial charge >= 0.3 is 0 Å². The van der Waals surface area contributed by atoms with Crippen LogP contribution in [0.2, 0.25) is 0 Å². The lowest BCUT2D eigenvalue weighted by molar-refractivity contribution is -0.283. The Labute approximate surface area is 79.4 Å². The number of aliphatic hydroxyl groups excluding tert-OH is 1. The van der Waals surface area contributed by atoms with Gasteiger partial charge in [-0.2, -0.15) is 0 Å². The number of rotatable bonds is 5. The van der Waals surface area contributed by atoms with E-state index in [1.54, 1.807) is 14.2 Å². The summed E-state index contributed by atoms with van der Waals surface area (Å²) in [7, 11) is 3.31. The maximum atomic E-state index is 9.05. The molecule has 1 N–H and O–H groups in total. The molecule has 4 nitrogen and oxygen atoms in total. The number of ether oxygens (including phenoxy) is 2. The summed E-state index contributed by atoms with van der Waals surface area (Å²) < 4.78 is 10.5. The number of hydrogen-bond acceptors (Lipinski definition) is 4. The van der Waals surface area contributed by atoms with Crippen LogP contribution in [0.25, 0.3) is 0 Å². The number of aliphatic hydroxyl groups is 1. The van der Waals surface area contributed by atoms with E-state index in [1.807, 2.05) is 0 Å². The third-order valence-corrected chi connectivity index (χ3v) is 2.83. The molecule has 1 aliphatic heterocycles. The molecule has 4 heteroatoms. The summed E-state index contributed by atoms with van der Waals surface area (Å²) in [5.74, 6) is -0.428. The second-order valence-corrected chi connectivity index (χ2v) is 3.47. The summed E-state index contributed by atoms with van der Waals surface area (Å²) in [6.45, 7) is 3.78. The minimum atomic E-state index is -0.428. The Morgan fingerprint density at radius 1 is 1.38 bits per heavy atom. The quantitative estimate of drug-likeness (QED) is 0.621. The van der Waals surface area contributed by atoms with Crippen LogP contribution in [0.4, 0.5) is 0 Å². The van der Waals surface area contributed by atoms with Crippen molar-refractivity contribution in [3.05, 3.63) is 0 Å². The first-order chi connectivity index (χ1) is 6.21. The fourth-order valence-electron chi connectivity index (χ4n) is 1.68. The molecule has 1 fully saturated rings. The van der Waals surface area contributed by atoms with Crippen LogP contribution in [0.3, 0.4) is 0 Å². The zero-order valence-electron chi connectivity index (χ0n) is 8.62. The largest absolute Gasteiger partial charge is 0.395 e. The first-order valence-electron chi connectivity index (χ1n) is 4.66. The standard InChI is InChI=1S/C9H19NO3/c1-4-8(5-11)10-6-9(7-10,12-2)13-3/h8,11H,4-7H2,1-3H3. The van der Waals surface area contributed by atoms with Gasteiger partial charge in [-0.25, -0.2) is 0 Å². The molecule has 0 aliphatic carbocycles. The number of nitrogens with zero attached hydrogens (tertiary/aromatic N) is 1. The van der Waals surface area contributed by atoms with Crippen molar-refractivity contribution in [2.24, 2.45) is 0 Å². The Morgan fingerprint density at radius 2 is 1.92 bits per heavy atom. The van der Waals surface area contributed by atoms with Gasteiger partial charge < -0.3 is 14.6 Å². The van der Waals surface area contributed by atoms with Crippen molar-refractivity contribution in [1.82, 2.24) is 4.90 Å². The topological polar surface area (TPSA) is 41.9 Å². The van der Waals surface area contributed by atoms with Gasteiger partial charge in [0.25, 0.3) is 0 Å². The zero-order chi connectivity index (χ0) is 9.90. The van der Waals surface area contributed by atoms with E-state index in [2.05, 4.69) is 11.8 Å². The molecule has 1 atom stereocenters. The number of likely N-dealkylation sites (tertiary alicyclic amines) is 1. The first-order valence-corrected chi connectivity index (χ1v) is 4.66. The maximum absolute atomic E-state index is 9.05. The van der Waals surface area contributed by atoms with Crippen molar-refractivity contribution in [2.75, 3.05) is 33.9 Å². The highest BCUT2D eigenvalue weighted by Crippen LogP contribution is 2.27. The van der Waals surface area contributed by atoms with Crippen molar-refractivity contribution in [3.63, 3.8) is 0 Å². The molecular formula is C9H19NO3. The van der Waals surface area contributed by atoms with Gasteiger partial charge in [0.2, 0.25) is 0 Å². The summed E-state index contributed by atoms with van der Waals surface area (Å²) in [6, 6.07) is 0.249. The second-order valence-electron chi connectivity index (χ2n) is 3.47. The molecule has 1 unspecified atom stereocenters. The van der Waals surface area contributed by atoms with E-state index < -0.39 is 5.79 Å². The van der Waals surface area contributed by atoms with E-state index in [0.29, 0.717) is 0 Å². The van der Waals surface area contributed by atoms with Gasteiger partial charge in [-0.15, -0.1) is 0 Å². The number of methoxy groups -OCH3 is 2. The van der Waals surface area contributed by atoms with Gasteiger partial charge in [0, 0.05) is 20.3 Å². The predicted octanol–water partition coefficient (Wildman–Crippen LogP) is 0.0620. The van der Waals surface area contributed by atoms with Crippen molar-refractivity contribution >= 4 is 0 Å². The fraction of sp³-hybridized carbons (Fsp3) is 1.00. The van der Waals surface area contributed by atoms with Crippen LogP contribution in [0.1, 0.15) is 13.3 Å². The Balaban J connectivity index is 2.38. The van der Waals surface area contributed by atoms with E-state index in [0.717, 1.165) is 19.5 Å². The molecule has 0 aromatic heterocycles. The van der Waals surface area contributed by atoms with Gasteiger partial charge in [0.1, 0.15) is 0 Å². The molecule has 1 rings (SSSR count). The first kappa shape index (κ1) is 10.9. The van der Waals surface area contributed by atoms with Crippen molar-refractivity contribution in [1.29, 1.82) is 0 Å². The molecule has 0 amide bonds. The Bertz CT molecular complexity index is 147. The van der Waals surface area contributed by atoms with E-state index in [9.17, 15) is 0 Å². The van der Waals surface area contributed by atoms with Crippen LogP contribution in [0.15, 0.2) is 0 Å². The summed E-state index contributed by atoms with van der Waals surface area (Å²) in [5, 5.41) is 9.05. The van der Waals surface area contributed by atoms with Crippen molar-refractivity contribution < 1.29 is 14.6 Å². The molecule has 0 saturated carbocycles. The van der Waals surface area contributed by atoms with Gasteiger partial charge in [0.15, 0.2) is 5.79 Å². The molecule has 0 bridgehead atoms. The molecule has 0 radical (unpaired) electrons. The summed E-state index contributed by atoms with van der Waals surface area (Å²) in [5.41, 5.74) is 0. The highest BCUT2D eigenvalue weighted by atomic mass is 16.7. The summed E-state index contributed by atoms with van der Waals surface area (Å²) in [4.78, 5) is 2.17. The van der Waals surface area contributed by atoms with Crippen LogP contribution in [0, 0.1) is 0 Å². The maximum Gasteiger partial charge on any atom is 0.193 e. The zero-order valence-corrected chi connectivity index (χ0v) is 8.62. The molecule has 0 spiro atoms.